The second-order valence-corrected chi connectivity index (χ2v) is 10.1. The Bertz CT molecular complexity index is 1060. The molecule has 1 aliphatic rings. The Labute approximate surface area is 203 Å². The third-order valence-electron chi connectivity index (χ3n) is 5.97. The van der Waals surface area contributed by atoms with E-state index in [4.69, 9.17) is 9.47 Å². The summed E-state index contributed by atoms with van der Waals surface area (Å²) in [5.74, 6) is 2.56. The molecule has 2 heterocycles. The second-order valence-electron chi connectivity index (χ2n) is 8.16. The van der Waals surface area contributed by atoms with Crippen molar-refractivity contribution in [3.63, 3.8) is 0 Å². The van der Waals surface area contributed by atoms with E-state index in [-0.39, 0.29) is 5.91 Å². The fourth-order valence-corrected chi connectivity index (χ4v) is 5.88. The van der Waals surface area contributed by atoms with Crippen molar-refractivity contribution in [2.45, 2.75) is 49.8 Å². The molecule has 33 heavy (non-hydrogen) atoms. The van der Waals surface area contributed by atoms with Gasteiger partial charge in [-0.05, 0) is 42.5 Å². The van der Waals surface area contributed by atoms with Gasteiger partial charge in [0.15, 0.2) is 22.5 Å². The number of benzene rings is 1. The zero-order chi connectivity index (χ0) is 23.2. The standard InChI is InChI=1S/C24H30N4O3S2/c1-27(15-19-10-7-13-32-19)22(29)16-33-24-26-25-23(28(24)18-8-5-4-6-9-18)17-11-12-20(30-2)21(14-17)31-3/h7,10-14,18H,4-6,8-9,15-16H2,1-3H3. The maximum Gasteiger partial charge on any atom is 0.233 e. The van der Waals surface area contributed by atoms with Crippen LogP contribution in [-0.4, -0.2) is 52.6 Å². The van der Waals surface area contributed by atoms with Crippen molar-refractivity contribution in [1.82, 2.24) is 19.7 Å². The van der Waals surface area contributed by atoms with E-state index in [1.807, 2.05) is 36.7 Å². The van der Waals surface area contributed by atoms with Gasteiger partial charge in [0.25, 0.3) is 0 Å². The molecule has 7 nitrogen and oxygen atoms in total. The van der Waals surface area contributed by atoms with E-state index in [1.165, 1.54) is 35.9 Å². The number of hydrogen-bond acceptors (Lipinski definition) is 7. The highest BCUT2D eigenvalue weighted by atomic mass is 32.2. The Morgan fingerprint density at radius 2 is 1.94 bits per heavy atom. The SMILES string of the molecule is COc1ccc(-c2nnc(SCC(=O)N(C)Cc3cccs3)n2C2CCCCC2)cc1OC. The Morgan fingerprint density at radius 3 is 2.64 bits per heavy atom. The van der Waals surface area contributed by atoms with E-state index in [0.717, 1.165) is 29.4 Å². The van der Waals surface area contributed by atoms with Gasteiger partial charge in [0.05, 0.1) is 26.5 Å². The summed E-state index contributed by atoms with van der Waals surface area (Å²) in [4.78, 5) is 15.7. The summed E-state index contributed by atoms with van der Waals surface area (Å²) >= 11 is 3.13. The van der Waals surface area contributed by atoms with Gasteiger partial charge in [-0.15, -0.1) is 21.5 Å². The van der Waals surface area contributed by atoms with Crippen LogP contribution in [0, 0.1) is 0 Å². The minimum atomic E-state index is 0.0826. The lowest BCUT2D eigenvalue weighted by atomic mass is 9.95. The van der Waals surface area contributed by atoms with Crippen molar-refractivity contribution in [2.75, 3.05) is 27.0 Å². The highest BCUT2D eigenvalue weighted by Gasteiger charge is 2.25. The first-order chi connectivity index (χ1) is 16.1. The number of carbonyl (C=O) groups is 1. The lowest BCUT2D eigenvalue weighted by molar-refractivity contribution is -0.127. The third-order valence-corrected chi connectivity index (χ3v) is 7.76. The second kappa shape index (κ2) is 11.1. The molecule has 0 N–H and O–H groups in total. The molecular formula is C24H30N4O3S2. The highest BCUT2D eigenvalue weighted by molar-refractivity contribution is 7.99. The molecule has 0 atom stereocenters. The zero-order valence-electron chi connectivity index (χ0n) is 19.3. The number of thiophene rings is 1. The third kappa shape index (κ3) is 5.52. The molecule has 0 spiro atoms. The van der Waals surface area contributed by atoms with Crippen molar-refractivity contribution in [3.05, 3.63) is 40.6 Å². The Hall–Kier alpha value is -2.52. The number of amides is 1. The molecule has 1 fully saturated rings. The molecule has 0 aliphatic heterocycles. The maximum absolute atomic E-state index is 12.8. The van der Waals surface area contributed by atoms with Crippen LogP contribution in [0.5, 0.6) is 11.5 Å². The minimum Gasteiger partial charge on any atom is -0.493 e. The van der Waals surface area contributed by atoms with Crippen LogP contribution < -0.4 is 9.47 Å². The molecule has 0 unspecified atom stereocenters. The van der Waals surface area contributed by atoms with E-state index in [9.17, 15) is 4.79 Å². The van der Waals surface area contributed by atoms with E-state index in [1.54, 1.807) is 30.5 Å². The Balaban J connectivity index is 1.56. The smallest absolute Gasteiger partial charge is 0.233 e. The lowest BCUT2D eigenvalue weighted by Gasteiger charge is -2.26. The summed E-state index contributed by atoms with van der Waals surface area (Å²) in [6.45, 7) is 0.628. The summed E-state index contributed by atoms with van der Waals surface area (Å²) in [5.41, 5.74) is 0.929. The predicted molar refractivity (Wildman–Crippen MR) is 132 cm³/mol. The van der Waals surface area contributed by atoms with Gasteiger partial charge in [-0.3, -0.25) is 9.36 Å². The first-order valence-corrected chi connectivity index (χ1v) is 13.0. The van der Waals surface area contributed by atoms with Gasteiger partial charge < -0.3 is 14.4 Å². The monoisotopic (exact) mass is 486 g/mol. The highest BCUT2D eigenvalue weighted by Crippen LogP contribution is 2.38. The number of hydrogen-bond donors (Lipinski definition) is 0. The average molecular weight is 487 g/mol. The van der Waals surface area contributed by atoms with Crippen LogP contribution in [0.15, 0.2) is 40.9 Å². The topological polar surface area (TPSA) is 69.5 Å². The molecule has 1 aromatic carbocycles. The normalized spacial score (nSPS) is 14.3. The van der Waals surface area contributed by atoms with Crippen LogP contribution in [0.2, 0.25) is 0 Å². The molecule has 2 aromatic heterocycles. The van der Waals surface area contributed by atoms with Crippen molar-refractivity contribution in [1.29, 1.82) is 0 Å². The van der Waals surface area contributed by atoms with E-state index in [0.29, 0.717) is 29.8 Å². The summed E-state index contributed by atoms with van der Waals surface area (Å²) in [5, 5.41) is 11.9. The van der Waals surface area contributed by atoms with Gasteiger partial charge in [-0.2, -0.15) is 0 Å². The number of carbonyl (C=O) groups excluding carboxylic acids is 1. The van der Waals surface area contributed by atoms with Crippen molar-refractivity contribution in [2.24, 2.45) is 0 Å². The molecule has 1 aliphatic carbocycles. The molecule has 9 heteroatoms. The molecule has 0 bridgehead atoms. The quantitative estimate of drug-likeness (QED) is 0.383. The van der Waals surface area contributed by atoms with Gasteiger partial charge >= 0.3 is 0 Å². The number of aromatic nitrogens is 3. The largest absolute Gasteiger partial charge is 0.493 e. The summed E-state index contributed by atoms with van der Waals surface area (Å²) < 4.78 is 13.1. The minimum absolute atomic E-state index is 0.0826. The van der Waals surface area contributed by atoms with E-state index >= 15 is 0 Å². The number of rotatable bonds is 9. The molecule has 0 radical (unpaired) electrons. The number of ether oxygens (including phenoxy) is 2. The zero-order valence-corrected chi connectivity index (χ0v) is 21.0. The van der Waals surface area contributed by atoms with Crippen LogP contribution >= 0.6 is 23.1 Å². The van der Waals surface area contributed by atoms with Crippen LogP contribution in [0.3, 0.4) is 0 Å². The number of nitrogens with zero attached hydrogens (tertiary/aromatic N) is 4. The molecule has 176 valence electrons. The van der Waals surface area contributed by atoms with Gasteiger partial charge in [0.2, 0.25) is 5.91 Å². The Morgan fingerprint density at radius 1 is 1.15 bits per heavy atom. The van der Waals surface area contributed by atoms with Gasteiger partial charge in [0, 0.05) is 23.5 Å². The molecule has 1 saturated carbocycles. The van der Waals surface area contributed by atoms with Gasteiger partial charge in [-0.25, -0.2) is 0 Å². The van der Waals surface area contributed by atoms with Crippen molar-refractivity contribution in [3.8, 4) is 22.9 Å². The predicted octanol–water partition coefficient (Wildman–Crippen LogP) is 5.28. The molecular weight excluding hydrogens is 456 g/mol. The maximum atomic E-state index is 12.8. The molecule has 0 saturated heterocycles. The van der Waals surface area contributed by atoms with Crippen LogP contribution in [0.25, 0.3) is 11.4 Å². The van der Waals surface area contributed by atoms with Gasteiger partial charge in [-0.1, -0.05) is 37.1 Å². The fraction of sp³-hybridized carbons (Fsp3) is 0.458. The van der Waals surface area contributed by atoms with Crippen LogP contribution in [-0.2, 0) is 11.3 Å². The van der Waals surface area contributed by atoms with E-state index in [2.05, 4.69) is 20.8 Å². The average Bonchev–Trinajstić information content (AvgIpc) is 3.52. The summed E-state index contributed by atoms with van der Waals surface area (Å²) in [6.07, 6.45) is 5.84. The van der Waals surface area contributed by atoms with Crippen LogP contribution in [0.1, 0.15) is 43.0 Å². The summed E-state index contributed by atoms with van der Waals surface area (Å²) in [6, 6.07) is 10.2. The molecule has 1 amide bonds. The molecule has 3 aromatic rings. The van der Waals surface area contributed by atoms with Gasteiger partial charge in [0.1, 0.15) is 0 Å². The number of thioether (sulfide) groups is 1. The lowest BCUT2D eigenvalue weighted by Crippen LogP contribution is -2.27. The van der Waals surface area contributed by atoms with Crippen molar-refractivity contribution >= 4 is 29.0 Å². The van der Waals surface area contributed by atoms with Crippen molar-refractivity contribution < 1.29 is 14.3 Å². The van der Waals surface area contributed by atoms with E-state index < -0.39 is 0 Å². The first-order valence-electron chi connectivity index (χ1n) is 11.2. The first kappa shape index (κ1) is 23.6. The number of methoxy groups -OCH3 is 2. The Kier molecular flexibility index (Phi) is 7.93. The summed E-state index contributed by atoms with van der Waals surface area (Å²) in [7, 11) is 5.11. The molecule has 4 rings (SSSR count). The van der Waals surface area contributed by atoms with Crippen LogP contribution in [0.4, 0.5) is 0 Å². The fourth-order valence-electron chi connectivity index (χ4n) is 4.18.